The summed E-state index contributed by atoms with van der Waals surface area (Å²) in [5.41, 5.74) is 2.41. The van der Waals surface area contributed by atoms with Crippen LogP contribution < -0.4 is 9.47 Å². The third-order valence-electron chi connectivity index (χ3n) is 2.94. The Kier molecular flexibility index (Phi) is 5.65. The fourth-order valence-corrected chi connectivity index (χ4v) is 2.04. The largest absolute Gasteiger partial charge is 0.490 e. The predicted octanol–water partition coefficient (Wildman–Crippen LogP) is 4.41. The molecule has 2 aromatic rings. The van der Waals surface area contributed by atoms with Gasteiger partial charge in [0.25, 0.3) is 0 Å². The molecule has 0 aliphatic rings. The van der Waals surface area contributed by atoms with E-state index in [0.717, 1.165) is 17.9 Å². The van der Waals surface area contributed by atoms with Crippen LogP contribution in [-0.4, -0.2) is 13.2 Å². The molecular formula is C19H20O2. The van der Waals surface area contributed by atoms with Crippen LogP contribution >= 0.6 is 0 Å². The minimum Gasteiger partial charge on any atom is -0.490 e. The monoisotopic (exact) mass is 280 g/mol. The molecule has 108 valence electrons. The van der Waals surface area contributed by atoms with Crippen LogP contribution in [0, 0.1) is 0 Å². The lowest BCUT2D eigenvalue weighted by molar-refractivity contribution is 0.362. The number of hydrogen-bond acceptors (Lipinski definition) is 2. The Morgan fingerprint density at radius 1 is 0.762 bits per heavy atom. The second-order valence-corrected chi connectivity index (χ2v) is 4.67. The maximum absolute atomic E-state index is 5.56. The van der Waals surface area contributed by atoms with Gasteiger partial charge in [-0.15, -0.1) is 0 Å². The van der Waals surface area contributed by atoms with Crippen LogP contribution in [0.1, 0.15) is 11.1 Å². The summed E-state index contributed by atoms with van der Waals surface area (Å²) in [6.45, 7) is 8.35. The summed E-state index contributed by atoms with van der Waals surface area (Å²) in [6.07, 6.45) is 4.33. The second-order valence-electron chi connectivity index (χ2n) is 4.67. The third kappa shape index (κ3) is 4.84. The van der Waals surface area contributed by atoms with E-state index in [1.54, 1.807) is 12.2 Å². The molecule has 0 aliphatic heterocycles. The number of rotatable bonds is 8. The number of hydrogen-bond donors (Lipinski definition) is 0. The van der Waals surface area contributed by atoms with Gasteiger partial charge < -0.3 is 9.47 Å². The molecule has 0 fully saturated rings. The molecule has 0 saturated heterocycles. The lowest BCUT2D eigenvalue weighted by Crippen LogP contribution is -1.96. The van der Waals surface area contributed by atoms with Crippen molar-refractivity contribution in [3.05, 3.63) is 85.0 Å². The Morgan fingerprint density at radius 3 is 1.67 bits per heavy atom. The fraction of sp³-hybridized carbons (Fsp3) is 0.158. The molecule has 0 aliphatic carbocycles. The average Bonchev–Trinajstić information content (AvgIpc) is 2.52. The van der Waals surface area contributed by atoms with Crippen LogP contribution in [0.15, 0.2) is 73.8 Å². The highest BCUT2D eigenvalue weighted by Crippen LogP contribution is 2.19. The molecule has 2 aromatic carbocycles. The van der Waals surface area contributed by atoms with Crippen LogP contribution in [-0.2, 0) is 6.42 Å². The molecule has 0 amide bonds. The first-order valence-electron chi connectivity index (χ1n) is 6.97. The average molecular weight is 280 g/mol. The molecule has 0 aromatic heterocycles. The lowest BCUT2D eigenvalue weighted by Gasteiger charge is -2.08. The highest BCUT2D eigenvalue weighted by Gasteiger charge is 2.01. The molecule has 0 atom stereocenters. The van der Waals surface area contributed by atoms with Crippen molar-refractivity contribution in [3.63, 3.8) is 0 Å². The zero-order chi connectivity index (χ0) is 14.9. The first-order valence-corrected chi connectivity index (χ1v) is 6.97. The van der Waals surface area contributed by atoms with Crippen molar-refractivity contribution in [2.45, 2.75) is 6.42 Å². The zero-order valence-electron chi connectivity index (χ0n) is 12.1. The second kappa shape index (κ2) is 7.95. The SMILES string of the molecule is C=CCOc1cccc(Cc2cccc(OCC=C)c2)c1. The van der Waals surface area contributed by atoms with Gasteiger partial charge in [-0.25, -0.2) is 0 Å². The Labute approximate surface area is 126 Å². The lowest BCUT2D eigenvalue weighted by atomic mass is 10.0. The fourth-order valence-electron chi connectivity index (χ4n) is 2.04. The van der Waals surface area contributed by atoms with Crippen molar-refractivity contribution < 1.29 is 9.47 Å². The number of benzene rings is 2. The van der Waals surface area contributed by atoms with E-state index >= 15 is 0 Å². The van der Waals surface area contributed by atoms with Gasteiger partial charge in [0.2, 0.25) is 0 Å². The predicted molar refractivity (Wildman–Crippen MR) is 87.1 cm³/mol. The summed E-state index contributed by atoms with van der Waals surface area (Å²) >= 11 is 0. The molecule has 0 radical (unpaired) electrons. The van der Waals surface area contributed by atoms with E-state index < -0.39 is 0 Å². The summed E-state index contributed by atoms with van der Waals surface area (Å²) in [5.74, 6) is 1.73. The van der Waals surface area contributed by atoms with Gasteiger partial charge in [0.05, 0.1) is 0 Å². The Bertz CT molecular complexity index is 549. The van der Waals surface area contributed by atoms with Gasteiger partial charge in [0.1, 0.15) is 24.7 Å². The van der Waals surface area contributed by atoms with Crippen LogP contribution in [0.25, 0.3) is 0 Å². The quantitative estimate of drug-likeness (QED) is 0.667. The molecule has 2 heteroatoms. The first-order chi connectivity index (χ1) is 10.3. The van der Waals surface area contributed by atoms with Crippen molar-refractivity contribution >= 4 is 0 Å². The van der Waals surface area contributed by atoms with Gasteiger partial charge >= 0.3 is 0 Å². The molecule has 21 heavy (non-hydrogen) atoms. The van der Waals surface area contributed by atoms with Gasteiger partial charge in [-0.1, -0.05) is 49.6 Å². The van der Waals surface area contributed by atoms with E-state index in [-0.39, 0.29) is 0 Å². The van der Waals surface area contributed by atoms with Gasteiger partial charge in [0.15, 0.2) is 0 Å². The maximum Gasteiger partial charge on any atom is 0.120 e. The zero-order valence-corrected chi connectivity index (χ0v) is 12.1. The first kappa shape index (κ1) is 14.9. The van der Waals surface area contributed by atoms with Gasteiger partial charge in [-0.05, 0) is 41.8 Å². The summed E-state index contributed by atoms with van der Waals surface area (Å²) < 4.78 is 11.1. The van der Waals surface area contributed by atoms with Crippen molar-refractivity contribution in [1.29, 1.82) is 0 Å². The Hall–Kier alpha value is -2.48. The van der Waals surface area contributed by atoms with E-state index in [0.29, 0.717) is 13.2 Å². The summed E-state index contributed by atoms with van der Waals surface area (Å²) in [4.78, 5) is 0. The van der Waals surface area contributed by atoms with E-state index in [1.165, 1.54) is 11.1 Å². The third-order valence-corrected chi connectivity index (χ3v) is 2.94. The van der Waals surface area contributed by atoms with Crippen LogP contribution in [0.5, 0.6) is 11.5 Å². The van der Waals surface area contributed by atoms with Crippen molar-refractivity contribution in [3.8, 4) is 11.5 Å². The molecular weight excluding hydrogens is 260 g/mol. The highest BCUT2D eigenvalue weighted by molar-refractivity contribution is 5.35. The smallest absolute Gasteiger partial charge is 0.120 e. The van der Waals surface area contributed by atoms with E-state index in [9.17, 15) is 0 Å². The van der Waals surface area contributed by atoms with Crippen molar-refractivity contribution in [2.24, 2.45) is 0 Å². The molecule has 0 saturated carbocycles. The van der Waals surface area contributed by atoms with Gasteiger partial charge in [-0.3, -0.25) is 0 Å². The topological polar surface area (TPSA) is 18.5 Å². The number of ether oxygens (including phenoxy) is 2. The summed E-state index contributed by atoms with van der Waals surface area (Å²) in [6, 6.07) is 16.2. The van der Waals surface area contributed by atoms with Crippen LogP contribution in [0.2, 0.25) is 0 Å². The standard InChI is InChI=1S/C19H20O2/c1-3-11-20-18-9-5-7-16(14-18)13-17-8-6-10-19(15-17)21-12-4-2/h3-10,14-15H,1-2,11-13H2. The van der Waals surface area contributed by atoms with Crippen molar-refractivity contribution in [2.75, 3.05) is 13.2 Å². The molecule has 2 nitrogen and oxygen atoms in total. The molecule has 2 rings (SSSR count). The molecule has 0 bridgehead atoms. The van der Waals surface area contributed by atoms with Crippen LogP contribution in [0.4, 0.5) is 0 Å². The Balaban J connectivity index is 2.06. The van der Waals surface area contributed by atoms with E-state index in [1.807, 2.05) is 24.3 Å². The molecule has 0 spiro atoms. The summed E-state index contributed by atoms with van der Waals surface area (Å²) in [5, 5.41) is 0. The Morgan fingerprint density at radius 2 is 1.24 bits per heavy atom. The van der Waals surface area contributed by atoms with E-state index in [4.69, 9.17) is 9.47 Å². The summed E-state index contributed by atoms with van der Waals surface area (Å²) in [7, 11) is 0. The van der Waals surface area contributed by atoms with Crippen LogP contribution in [0.3, 0.4) is 0 Å². The molecule has 0 unspecified atom stereocenters. The van der Waals surface area contributed by atoms with E-state index in [2.05, 4.69) is 37.4 Å². The van der Waals surface area contributed by atoms with Gasteiger partial charge in [-0.2, -0.15) is 0 Å². The van der Waals surface area contributed by atoms with Gasteiger partial charge in [0, 0.05) is 0 Å². The minimum absolute atomic E-state index is 0.522. The maximum atomic E-state index is 5.56. The molecule has 0 heterocycles. The normalized spacial score (nSPS) is 9.90. The van der Waals surface area contributed by atoms with Crippen molar-refractivity contribution in [1.82, 2.24) is 0 Å². The molecule has 0 N–H and O–H groups in total. The minimum atomic E-state index is 0.522. The highest BCUT2D eigenvalue weighted by atomic mass is 16.5.